The van der Waals surface area contributed by atoms with Gasteiger partial charge in [-0.3, -0.25) is 0 Å². The van der Waals surface area contributed by atoms with Crippen molar-refractivity contribution in [2.75, 3.05) is 13.2 Å². The van der Waals surface area contributed by atoms with Gasteiger partial charge in [0.1, 0.15) is 0 Å². The van der Waals surface area contributed by atoms with Gasteiger partial charge in [-0.15, -0.1) is 0 Å². The Bertz CT molecular complexity index is 193. The normalized spacial score (nSPS) is 31.7. The number of hydrogen-bond donors (Lipinski definition) is 1. The number of hydrogen-bond acceptors (Lipinski definition) is 2. The zero-order chi connectivity index (χ0) is 12.2. The minimum Gasteiger partial charge on any atom is -0.375 e. The lowest BCUT2D eigenvalue weighted by molar-refractivity contribution is -0.0123. The maximum absolute atomic E-state index is 5.71. The molecule has 1 saturated carbocycles. The maximum atomic E-state index is 5.71. The Morgan fingerprint density at radius 3 is 2.19 bits per heavy atom. The summed E-state index contributed by atoms with van der Waals surface area (Å²) in [6, 6.07) is 0.693. The molecule has 0 radical (unpaired) electrons. The molecule has 1 fully saturated rings. The lowest BCUT2D eigenvalue weighted by atomic mass is 9.80. The Balaban J connectivity index is 2.31. The fourth-order valence-electron chi connectivity index (χ4n) is 2.95. The Morgan fingerprint density at radius 2 is 1.69 bits per heavy atom. The molecular weight excluding hydrogens is 198 g/mol. The van der Waals surface area contributed by atoms with Crippen LogP contribution in [-0.4, -0.2) is 24.8 Å². The standard InChI is InChI=1S/C14H29NO/c1-6-16-14(4,5)10-15-13-8-11(2)7-12(3)9-13/h11-13,15H,6-10H2,1-5H3. The van der Waals surface area contributed by atoms with E-state index < -0.39 is 0 Å². The molecule has 2 nitrogen and oxygen atoms in total. The van der Waals surface area contributed by atoms with E-state index in [0.29, 0.717) is 6.04 Å². The molecule has 2 unspecified atom stereocenters. The van der Waals surface area contributed by atoms with E-state index >= 15 is 0 Å². The Kier molecular flexibility index (Phi) is 5.26. The fraction of sp³-hybridized carbons (Fsp3) is 1.00. The average molecular weight is 227 g/mol. The van der Waals surface area contributed by atoms with Crippen molar-refractivity contribution in [3.8, 4) is 0 Å². The third kappa shape index (κ3) is 4.84. The molecule has 0 aromatic carbocycles. The van der Waals surface area contributed by atoms with Crippen molar-refractivity contribution in [2.45, 2.75) is 65.5 Å². The molecule has 16 heavy (non-hydrogen) atoms. The predicted octanol–water partition coefficient (Wildman–Crippen LogP) is 3.22. The molecule has 1 rings (SSSR count). The van der Waals surface area contributed by atoms with Crippen molar-refractivity contribution >= 4 is 0 Å². The van der Waals surface area contributed by atoms with Crippen LogP contribution in [0.1, 0.15) is 53.9 Å². The van der Waals surface area contributed by atoms with Gasteiger partial charge < -0.3 is 10.1 Å². The molecule has 0 spiro atoms. The summed E-state index contributed by atoms with van der Waals surface area (Å²) in [4.78, 5) is 0. The summed E-state index contributed by atoms with van der Waals surface area (Å²) in [6.07, 6.45) is 4.05. The fourth-order valence-corrected chi connectivity index (χ4v) is 2.95. The zero-order valence-corrected chi connectivity index (χ0v) is 11.7. The summed E-state index contributed by atoms with van der Waals surface area (Å²) in [5.74, 6) is 1.74. The van der Waals surface area contributed by atoms with Crippen LogP contribution in [0.2, 0.25) is 0 Å². The minimum absolute atomic E-state index is 0.0291. The molecule has 1 aliphatic rings. The van der Waals surface area contributed by atoms with Crippen LogP contribution in [0.25, 0.3) is 0 Å². The minimum atomic E-state index is -0.0291. The molecule has 0 saturated heterocycles. The van der Waals surface area contributed by atoms with Gasteiger partial charge in [-0.05, 0) is 51.9 Å². The lowest BCUT2D eigenvalue weighted by Crippen LogP contribution is -2.45. The molecular formula is C14H29NO. The van der Waals surface area contributed by atoms with Crippen molar-refractivity contribution in [1.82, 2.24) is 5.32 Å². The predicted molar refractivity (Wildman–Crippen MR) is 69.7 cm³/mol. The first-order valence-electron chi connectivity index (χ1n) is 6.80. The molecule has 1 N–H and O–H groups in total. The highest BCUT2D eigenvalue weighted by Crippen LogP contribution is 2.28. The van der Waals surface area contributed by atoms with Gasteiger partial charge in [-0.25, -0.2) is 0 Å². The molecule has 96 valence electrons. The first kappa shape index (κ1) is 14.0. The van der Waals surface area contributed by atoms with E-state index in [0.717, 1.165) is 25.0 Å². The third-order valence-electron chi connectivity index (χ3n) is 3.53. The van der Waals surface area contributed by atoms with Crippen molar-refractivity contribution < 1.29 is 4.74 Å². The van der Waals surface area contributed by atoms with E-state index in [1.54, 1.807) is 0 Å². The highest BCUT2D eigenvalue weighted by molar-refractivity contribution is 4.82. The van der Waals surface area contributed by atoms with Gasteiger partial charge in [-0.2, -0.15) is 0 Å². The van der Waals surface area contributed by atoms with Crippen LogP contribution in [0.15, 0.2) is 0 Å². The van der Waals surface area contributed by atoms with Gasteiger partial charge in [0.05, 0.1) is 5.60 Å². The summed E-state index contributed by atoms with van der Waals surface area (Å²) in [5, 5.41) is 3.68. The van der Waals surface area contributed by atoms with E-state index in [1.807, 2.05) is 0 Å². The lowest BCUT2D eigenvalue weighted by Gasteiger charge is -2.34. The highest BCUT2D eigenvalue weighted by Gasteiger charge is 2.25. The third-order valence-corrected chi connectivity index (χ3v) is 3.53. The van der Waals surface area contributed by atoms with E-state index in [-0.39, 0.29) is 5.60 Å². The van der Waals surface area contributed by atoms with E-state index in [1.165, 1.54) is 19.3 Å². The first-order valence-corrected chi connectivity index (χ1v) is 6.80. The molecule has 0 bridgehead atoms. The summed E-state index contributed by atoms with van der Waals surface area (Å²) in [6.45, 7) is 12.9. The van der Waals surface area contributed by atoms with Crippen molar-refractivity contribution in [1.29, 1.82) is 0 Å². The highest BCUT2D eigenvalue weighted by atomic mass is 16.5. The van der Waals surface area contributed by atoms with Gasteiger partial charge in [0.25, 0.3) is 0 Å². The second kappa shape index (κ2) is 6.02. The van der Waals surface area contributed by atoms with Crippen LogP contribution < -0.4 is 5.32 Å². The topological polar surface area (TPSA) is 21.3 Å². The smallest absolute Gasteiger partial charge is 0.0750 e. The van der Waals surface area contributed by atoms with Crippen molar-refractivity contribution in [3.05, 3.63) is 0 Å². The Morgan fingerprint density at radius 1 is 1.12 bits per heavy atom. The quantitative estimate of drug-likeness (QED) is 0.778. The van der Waals surface area contributed by atoms with Gasteiger partial charge in [0.2, 0.25) is 0 Å². The average Bonchev–Trinajstić information content (AvgIpc) is 2.13. The first-order chi connectivity index (χ1) is 7.43. The number of rotatable bonds is 5. The van der Waals surface area contributed by atoms with E-state index in [9.17, 15) is 0 Å². The molecule has 0 aliphatic heterocycles. The summed E-state index contributed by atoms with van der Waals surface area (Å²) in [5.41, 5.74) is -0.0291. The molecule has 0 aromatic rings. The number of ether oxygens (including phenoxy) is 1. The van der Waals surface area contributed by atoms with Crippen LogP contribution in [0.4, 0.5) is 0 Å². The largest absolute Gasteiger partial charge is 0.375 e. The maximum Gasteiger partial charge on any atom is 0.0750 e. The Labute approximate surface area is 101 Å². The Hall–Kier alpha value is -0.0800. The summed E-state index contributed by atoms with van der Waals surface area (Å²) in [7, 11) is 0. The summed E-state index contributed by atoms with van der Waals surface area (Å²) < 4.78 is 5.71. The number of nitrogens with one attached hydrogen (secondary N) is 1. The second-order valence-corrected chi connectivity index (χ2v) is 6.19. The molecule has 1 aliphatic carbocycles. The van der Waals surface area contributed by atoms with Crippen LogP contribution in [-0.2, 0) is 4.74 Å². The van der Waals surface area contributed by atoms with E-state index in [4.69, 9.17) is 4.74 Å². The van der Waals surface area contributed by atoms with Crippen LogP contribution in [0.3, 0.4) is 0 Å². The van der Waals surface area contributed by atoms with Gasteiger partial charge in [0, 0.05) is 19.2 Å². The molecule has 0 aromatic heterocycles. The van der Waals surface area contributed by atoms with E-state index in [2.05, 4.69) is 39.9 Å². The molecule has 2 heteroatoms. The van der Waals surface area contributed by atoms with Gasteiger partial charge in [-0.1, -0.05) is 13.8 Å². The SMILES string of the molecule is CCOC(C)(C)CNC1CC(C)CC(C)C1. The summed E-state index contributed by atoms with van der Waals surface area (Å²) >= 11 is 0. The molecule has 0 heterocycles. The van der Waals surface area contributed by atoms with Gasteiger partial charge >= 0.3 is 0 Å². The zero-order valence-electron chi connectivity index (χ0n) is 11.7. The van der Waals surface area contributed by atoms with Crippen molar-refractivity contribution in [2.24, 2.45) is 11.8 Å². The molecule has 2 atom stereocenters. The van der Waals surface area contributed by atoms with Crippen molar-refractivity contribution in [3.63, 3.8) is 0 Å². The van der Waals surface area contributed by atoms with Crippen LogP contribution in [0.5, 0.6) is 0 Å². The van der Waals surface area contributed by atoms with Gasteiger partial charge in [0.15, 0.2) is 0 Å². The second-order valence-electron chi connectivity index (χ2n) is 6.19. The molecule has 0 amide bonds. The monoisotopic (exact) mass is 227 g/mol. The van der Waals surface area contributed by atoms with Crippen LogP contribution in [0, 0.1) is 11.8 Å². The van der Waals surface area contributed by atoms with Crippen LogP contribution >= 0.6 is 0 Å².